The summed E-state index contributed by atoms with van der Waals surface area (Å²) in [6.07, 6.45) is 4.68. The Hall–Kier alpha value is -2.34. The number of rotatable bonds is 5. The van der Waals surface area contributed by atoms with Crippen LogP contribution in [-0.4, -0.2) is 21.2 Å². The second-order valence-corrected chi connectivity index (χ2v) is 5.28. The van der Waals surface area contributed by atoms with E-state index in [1.165, 1.54) is 0 Å². The van der Waals surface area contributed by atoms with Gasteiger partial charge in [-0.1, -0.05) is 12.1 Å². The first-order valence-corrected chi connectivity index (χ1v) is 6.99. The van der Waals surface area contributed by atoms with Crippen LogP contribution in [0.5, 0.6) is 0 Å². The van der Waals surface area contributed by atoms with Crippen molar-refractivity contribution in [2.24, 2.45) is 0 Å². The van der Waals surface area contributed by atoms with Crippen molar-refractivity contribution in [2.75, 3.05) is 17.6 Å². The van der Waals surface area contributed by atoms with Crippen molar-refractivity contribution in [3.05, 3.63) is 52.6 Å². The molecule has 1 saturated carbocycles. The second-order valence-electron chi connectivity index (χ2n) is 5.28. The van der Waals surface area contributed by atoms with Crippen LogP contribution < -0.4 is 16.6 Å². The van der Waals surface area contributed by atoms with Crippen LogP contribution in [0.1, 0.15) is 30.6 Å². The van der Waals surface area contributed by atoms with Crippen molar-refractivity contribution in [1.29, 1.82) is 0 Å². The minimum atomic E-state index is -0.721. The summed E-state index contributed by atoms with van der Waals surface area (Å²) in [6, 6.07) is 7.31. The van der Waals surface area contributed by atoms with E-state index in [1.807, 2.05) is 0 Å². The number of aliphatic hydroxyl groups excluding tert-OH is 1. The third kappa shape index (κ3) is 3.05. The molecule has 0 spiro atoms. The van der Waals surface area contributed by atoms with Crippen LogP contribution >= 0.6 is 0 Å². The summed E-state index contributed by atoms with van der Waals surface area (Å²) in [5, 5.41) is 13.0. The Bertz CT molecular complexity index is 677. The molecule has 1 aliphatic rings. The quantitative estimate of drug-likeness (QED) is 0.721. The molecule has 1 fully saturated rings. The summed E-state index contributed by atoms with van der Waals surface area (Å²) >= 11 is 0. The Kier molecular flexibility index (Phi) is 3.62. The number of hydrogen-bond donors (Lipinski definition) is 3. The van der Waals surface area contributed by atoms with Crippen LogP contribution in [-0.2, 0) is 0 Å². The minimum absolute atomic E-state index is 0.135. The number of aliphatic hydroxyl groups is 1. The van der Waals surface area contributed by atoms with Gasteiger partial charge in [0.2, 0.25) is 0 Å². The number of aromatic nitrogens is 2. The fraction of sp³-hybridized carbons (Fsp3) is 0.333. The van der Waals surface area contributed by atoms with E-state index in [0.717, 1.165) is 18.4 Å². The minimum Gasteiger partial charge on any atom is -0.399 e. The van der Waals surface area contributed by atoms with Gasteiger partial charge in [0, 0.05) is 30.7 Å². The molecule has 3 rings (SSSR count). The number of anilines is 2. The zero-order valence-corrected chi connectivity index (χ0v) is 11.6. The van der Waals surface area contributed by atoms with E-state index in [-0.39, 0.29) is 17.9 Å². The Morgan fingerprint density at radius 2 is 2.10 bits per heavy atom. The molecule has 0 radical (unpaired) electrons. The maximum absolute atomic E-state index is 12.2. The van der Waals surface area contributed by atoms with Crippen LogP contribution in [0.25, 0.3) is 0 Å². The SMILES string of the molecule is Nc1ccc(C(O)CNc2nccn(C3CC3)c2=O)cc1. The highest BCUT2D eigenvalue weighted by Gasteiger charge is 2.25. The van der Waals surface area contributed by atoms with Gasteiger partial charge in [-0.15, -0.1) is 0 Å². The highest BCUT2D eigenvalue weighted by atomic mass is 16.3. The van der Waals surface area contributed by atoms with Gasteiger partial charge in [-0.2, -0.15) is 0 Å². The fourth-order valence-corrected chi connectivity index (χ4v) is 2.22. The molecule has 1 heterocycles. The zero-order valence-electron chi connectivity index (χ0n) is 11.6. The van der Waals surface area contributed by atoms with Gasteiger partial charge < -0.3 is 20.7 Å². The van der Waals surface area contributed by atoms with Crippen molar-refractivity contribution >= 4 is 11.5 Å². The Morgan fingerprint density at radius 1 is 1.38 bits per heavy atom. The van der Waals surface area contributed by atoms with E-state index < -0.39 is 6.10 Å². The molecule has 110 valence electrons. The van der Waals surface area contributed by atoms with Gasteiger partial charge in [0.15, 0.2) is 5.82 Å². The number of nitrogen functional groups attached to an aromatic ring is 1. The summed E-state index contributed by atoms with van der Waals surface area (Å²) in [6.45, 7) is 0.223. The van der Waals surface area contributed by atoms with E-state index in [9.17, 15) is 9.90 Å². The molecule has 1 aromatic heterocycles. The number of hydrogen-bond acceptors (Lipinski definition) is 5. The molecule has 0 aliphatic heterocycles. The predicted molar refractivity (Wildman–Crippen MR) is 81.1 cm³/mol. The highest BCUT2D eigenvalue weighted by Crippen LogP contribution is 2.33. The van der Waals surface area contributed by atoms with Gasteiger partial charge in [0.25, 0.3) is 5.56 Å². The molecule has 2 aromatic rings. The normalized spacial score (nSPS) is 15.7. The van der Waals surface area contributed by atoms with E-state index >= 15 is 0 Å². The number of nitrogens with one attached hydrogen (secondary N) is 1. The number of nitrogens with two attached hydrogens (primary N) is 1. The summed E-state index contributed by atoms with van der Waals surface area (Å²) in [5.41, 5.74) is 6.87. The zero-order chi connectivity index (χ0) is 14.8. The smallest absolute Gasteiger partial charge is 0.293 e. The molecule has 1 aromatic carbocycles. The summed E-state index contributed by atoms with van der Waals surface area (Å²) < 4.78 is 1.70. The molecule has 1 aliphatic carbocycles. The Balaban J connectivity index is 1.68. The van der Waals surface area contributed by atoms with Crippen LogP contribution in [0.3, 0.4) is 0 Å². The number of benzene rings is 1. The Morgan fingerprint density at radius 3 is 2.76 bits per heavy atom. The van der Waals surface area contributed by atoms with Crippen molar-refractivity contribution in [2.45, 2.75) is 25.0 Å². The van der Waals surface area contributed by atoms with Crippen molar-refractivity contribution in [3.8, 4) is 0 Å². The molecule has 0 amide bonds. The van der Waals surface area contributed by atoms with Crippen LogP contribution in [0.15, 0.2) is 41.5 Å². The summed E-state index contributed by atoms with van der Waals surface area (Å²) in [7, 11) is 0. The molecular formula is C15H18N4O2. The molecular weight excluding hydrogens is 268 g/mol. The fourth-order valence-electron chi connectivity index (χ4n) is 2.22. The largest absolute Gasteiger partial charge is 0.399 e. The third-order valence-corrected chi connectivity index (χ3v) is 3.59. The van der Waals surface area contributed by atoms with E-state index in [2.05, 4.69) is 10.3 Å². The van der Waals surface area contributed by atoms with E-state index in [1.54, 1.807) is 41.2 Å². The van der Waals surface area contributed by atoms with Gasteiger partial charge in [0.05, 0.1) is 6.10 Å². The van der Waals surface area contributed by atoms with Crippen LogP contribution in [0.4, 0.5) is 11.5 Å². The third-order valence-electron chi connectivity index (χ3n) is 3.59. The molecule has 6 nitrogen and oxygen atoms in total. The molecule has 1 atom stereocenters. The molecule has 1 unspecified atom stereocenters. The molecule has 6 heteroatoms. The summed E-state index contributed by atoms with van der Waals surface area (Å²) in [4.78, 5) is 16.2. The first kappa shape index (κ1) is 13.6. The monoisotopic (exact) mass is 286 g/mol. The first-order chi connectivity index (χ1) is 10.1. The standard InChI is InChI=1S/C15H18N4O2/c16-11-3-1-10(2-4-11)13(20)9-18-14-15(21)19(8-7-17-14)12-5-6-12/h1-4,7-8,12-13,20H,5-6,9,16H2,(H,17,18). The van der Waals surface area contributed by atoms with Gasteiger partial charge in [0.1, 0.15) is 0 Å². The molecule has 0 saturated heterocycles. The average molecular weight is 286 g/mol. The molecule has 0 bridgehead atoms. The van der Waals surface area contributed by atoms with Gasteiger partial charge in [-0.3, -0.25) is 4.79 Å². The second kappa shape index (κ2) is 5.57. The Labute approximate surface area is 122 Å². The van der Waals surface area contributed by atoms with Crippen molar-refractivity contribution in [1.82, 2.24) is 9.55 Å². The lowest BCUT2D eigenvalue weighted by Gasteiger charge is -2.13. The maximum atomic E-state index is 12.2. The van der Waals surface area contributed by atoms with Crippen LogP contribution in [0.2, 0.25) is 0 Å². The average Bonchev–Trinajstić information content (AvgIpc) is 3.31. The van der Waals surface area contributed by atoms with E-state index in [4.69, 9.17) is 5.73 Å². The van der Waals surface area contributed by atoms with Gasteiger partial charge >= 0.3 is 0 Å². The van der Waals surface area contributed by atoms with Crippen molar-refractivity contribution in [3.63, 3.8) is 0 Å². The predicted octanol–water partition coefficient (Wildman–Crippen LogP) is 1.31. The highest BCUT2D eigenvalue weighted by molar-refractivity contribution is 5.40. The molecule has 21 heavy (non-hydrogen) atoms. The lowest BCUT2D eigenvalue weighted by Crippen LogP contribution is -2.25. The maximum Gasteiger partial charge on any atom is 0.293 e. The van der Waals surface area contributed by atoms with Gasteiger partial charge in [-0.05, 0) is 30.5 Å². The lowest BCUT2D eigenvalue weighted by molar-refractivity contribution is 0.191. The first-order valence-electron chi connectivity index (χ1n) is 6.99. The van der Waals surface area contributed by atoms with Gasteiger partial charge in [-0.25, -0.2) is 4.98 Å². The van der Waals surface area contributed by atoms with E-state index in [0.29, 0.717) is 11.7 Å². The number of nitrogens with zero attached hydrogens (tertiary/aromatic N) is 2. The summed E-state index contributed by atoms with van der Waals surface area (Å²) in [5.74, 6) is 0.277. The van der Waals surface area contributed by atoms with Crippen LogP contribution in [0, 0.1) is 0 Å². The molecule has 4 N–H and O–H groups in total. The van der Waals surface area contributed by atoms with Crippen molar-refractivity contribution < 1.29 is 5.11 Å². The topological polar surface area (TPSA) is 93.2 Å². The lowest BCUT2D eigenvalue weighted by atomic mass is 10.1.